The largest absolute Gasteiger partial charge is 0.506 e. The van der Waals surface area contributed by atoms with E-state index in [0.717, 1.165) is 11.4 Å². The van der Waals surface area contributed by atoms with E-state index in [1.54, 1.807) is 30.5 Å². The Labute approximate surface area is 194 Å². The van der Waals surface area contributed by atoms with Gasteiger partial charge in [-0.15, -0.1) is 0 Å². The molecule has 0 spiro atoms. The van der Waals surface area contributed by atoms with E-state index < -0.39 is 5.82 Å². The first-order chi connectivity index (χ1) is 15.5. The molecule has 5 rings (SSSR count). The fraction of sp³-hybridized carbons (Fsp3) is 0.0833. The molecule has 5 nitrogen and oxygen atoms in total. The van der Waals surface area contributed by atoms with Crippen molar-refractivity contribution in [3.05, 3.63) is 107 Å². The smallest absolute Gasteiger partial charge is 0.174 e. The Kier molecular flexibility index (Phi) is 5.28. The van der Waals surface area contributed by atoms with Gasteiger partial charge in [0, 0.05) is 23.8 Å². The third kappa shape index (κ3) is 3.49. The van der Waals surface area contributed by atoms with Gasteiger partial charge in [0.25, 0.3) is 0 Å². The van der Waals surface area contributed by atoms with Crippen molar-refractivity contribution in [3.8, 4) is 11.4 Å². The Morgan fingerprint density at radius 2 is 1.84 bits per heavy atom. The minimum Gasteiger partial charge on any atom is -0.506 e. The van der Waals surface area contributed by atoms with Crippen molar-refractivity contribution in [2.24, 2.45) is 0 Å². The van der Waals surface area contributed by atoms with Gasteiger partial charge in [0.05, 0.1) is 22.4 Å². The predicted molar refractivity (Wildman–Crippen MR) is 127 cm³/mol. The molecule has 0 radical (unpaired) electrons. The highest BCUT2D eigenvalue weighted by molar-refractivity contribution is 7.80. The zero-order chi connectivity index (χ0) is 22.2. The number of para-hydroxylation sites is 2. The number of nitrogens with zero attached hydrogens (tertiary/aromatic N) is 3. The number of pyridine rings is 1. The molecule has 1 aliphatic heterocycles. The molecule has 2 aromatic heterocycles. The Bertz CT molecular complexity index is 1300. The molecular weight excluding hydrogens is 447 g/mol. The fourth-order valence-corrected chi connectivity index (χ4v) is 4.60. The van der Waals surface area contributed by atoms with Gasteiger partial charge in [-0.2, -0.15) is 0 Å². The SMILES string of the molecule is Oc1ccccc1N1C(=S)NC(c2ccccn2)C1c1cccn1-c1ccc(F)c(Cl)c1. The first kappa shape index (κ1) is 20.5. The summed E-state index contributed by atoms with van der Waals surface area (Å²) >= 11 is 11.8. The van der Waals surface area contributed by atoms with E-state index in [-0.39, 0.29) is 22.9 Å². The molecule has 8 heteroatoms. The third-order valence-electron chi connectivity index (χ3n) is 5.50. The van der Waals surface area contributed by atoms with Gasteiger partial charge in [-0.3, -0.25) is 4.98 Å². The van der Waals surface area contributed by atoms with Crippen molar-refractivity contribution in [3.63, 3.8) is 0 Å². The summed E-state index contributed by atoms with van der Waals surface area (Å²) in [5, 5.41) is 14.5. The molecular formula is C24H18ClFN4OS. The van der Waals surface area contributed by atoms with Crippen LogP contribution >= 0.6 is 23.8 Å². The number of rotatable bonds is 4. The number of aromatic nitrogens is 2. The van der Waals surface area contributed by atoms with Gasteiger partial charge in [-0.05, 0) is 66.8 Å². The number of nitrogens with one attached hydrogen (secondary N) is 1. The van der Waals surface area contributed by atoms with Crippen LogP contribution in [0.5, 0.6) is 5.75 Å². The first-order valence-electron chi connectivity index (χ1n) is 9.96. The molecule has 0 saturated carbocycles. The molecule has 0 amide bonds. The van der Waals surface area contributed by atoms with Crippen LogP contribution < -0.4 is 10.2 Å². The molecule has 1 saturated heterocycles. The second-order valence-corrected chi connectivity index (χ2v) is 8.18. The molecule has 2 atom stereocenters. The number of phenols is 1. The van der Waals surface area contributed by atoms with E-state index in [1.165, 1.54) is 6.07 Å². The maximum absolute atomic E-state index is 13.8. The topological polar surface area (TPSA) is 53.3 Å². The van der Waals surface area contributed by atoms with Gasteiger partial charge in [0.2, 0.25) is 0 Å². The Balaban J connectivity index is 1.69. The predicted octanol–water partition coefficient (Wildman–Crippen LogP) is 5.55. The average Bonchev–Trinajstić information content (AvgIpc) is 3.41. The molecule has 2 unspecified atom stereocenters. The molecule has 0 bridgehead atoms. The molecule has 3 heterocycles. The summed E-state index contributed by atoms with van der Waals surface area (Å²) in [5.74, 6) is -0.360. The number of hydrogen-bond donors (Lipinski definition) is 2. The van der Waals surface area contributed by atoms with Crippen LogP contribution in [0, 0.1) is 5.82 Å². The van der Waals surface area contributed by atoms with Gasteiger partial charge in [0.15, 0.2) is 5.11 Å². The number of anilines is 1. The Morgan fingerprint density at radius 1 is 1.03 bits per heavy atom. The lowest BCUT2D eigenvalue weighted by Gasteiger charge is -2.29. The fourth-order valence-electron chi connectivity index (χ4n) is 4.09. The Hall–Kier alpha value is -3.42. The molecule has 160 valence electrons. The second-order valence-electron chi connectivity index (χ2n) is 7.39. The summed E-state index contributed by atoms with van der Waals surface area (Å²) in [6.07, 6.45) is 3.62. The maximum atomic E-state index is 13.8. The van der Waals surface area contributed by atoms with Crippen molar-refractivity contribution in [1.82, 2.24) is 14.9 Å². The lowest BCUT2D eigenvalue weighted by Crippen LogP contribution is -2.30. The van der Waals surface area contributed by atoms with E-state index >= 15 is 0 Å². The van der Waals surface area contributed by atoms with Gasteiger partial charge < -0.3 is 19.9 Å². The van der Waals surface area contributed by atoms with E-state index in [9.17, 15) is 9.50 Å². The van der Waals surface area contributed by atoms with Crippen LogP contribution in [0.4, 0.5) is 10.1 Å². The van der Waals surface area contributed by atoms with Crippen LogP contribution in [-0.2, 0) is 0 Å². The van der Waals surface area contributed by atoms with Crippen LogP contribution in [0.15, 0.2) is 85.2 Å². The highest BCUT2D eigenvalue weighted by Gasteiger charge is 2.42. The van der Waals surface area contributed by atoms with Crippen molar-refractivity contribution < 1.29 is 9.50 Å². The summed E-state index contributed by atoms with van der Waals surface area (Å²) in [7, 11) is 0. The van der Waals surface area contributed by atoms with Crippen molar-refractivity contribution in [1.29, 1.82) is 0 Å². The standard InChI is InChI=1S/C24H18ClFN4OS/c25-16-14-15(10-11-17(16)26)29-13-5-8-20(29)23-22(18-6-3-4-12-27-18)28-24(32)30(23)19-7-1-2-9-21(19)31/h1-14,22-23,31H,(H,28,32). The van der Waals surface area contributed by atoms with Crippen molar-refractivity contribution >= 4 is 34.6 Å². The lowest BCUT2D eigenvalue weighted by atomic mass is 10.0. The highest BCUT2D eigenvalue weighted by Crippen LogP contribution is 2.44. The van der Waals surface area contributed by atoms with Gasteiger partial charge in [-0.1, -0.05) is 29.8 Å². The van der Waals surface area contributed by atoms with Gasteiger partial charge in [-0.25, -0.2) is 4.39 Å². The summed E-state index contributed by atoms with van der Waals surface area (Å²) in [6.45, 7) is 0. The van der Waals surface area contributed by atoms with E-state index in [0.29, 0.717) is 16.5 Å². The zero-order valence-corrected chi connectivity index (χ0v) is 18.3. The molecule has 1 fully saturated rings. The summed E-state index contributed by atoms with van der Waals surface area (Å²) in [5.41, 5.74) is 2.98. The summed E-state index contributed by atoms with van der Waals surface area (Å²) in [6, 6.07) is 20.6. The van der Waals surface area contributed by atoms with Crippen LogP contribution in [-0.4, -0.2) is 19.8 Å². The zero-order valence-electron chi connectivity index (χ0n) is 16.7. The third-order valence-corrected chi connectivity index (χ3v) is 6.11. The summed E-state index contributed by atoms with van der Waals surface area (Å²) < 4.78 is 15.7. The monoisotopic (exact) mass is 464 g/mol. The molecule has 4 aromatic rings. The van der Waals surface area contributed by atoms with Crippen LogP contribution in [0.25, 0.3) is 5.69 Å². The minimum atomic E-state index is -0.477. The molecule has 0 aliphatic carbocycles. The number of halogens is 2. The maximum Gasteiger partial charge on any atom is 0.174 e. The van der Waals surface area contributed by atoms with Crippen molar-refractivity contribution in [2.45, 2.75) is 12.1 Å². The van der Waals surface area contributed by atoms with Crippen molar-refractivity contribution in [2.75, 3.05) is 4.90 Å². The van der Waals surface area contributed by atoms with E-state index in [1.807, 2.05) is 58.1 Å². The highest BCUT2D eigenvalue weighted by atomic mass is 35.5. The van der Waals surface area contributed by atoms with E-state index in [4.69, 9.17) is 23.8 Å². The normalized spacial score (nSPS) is 18.1. The number of thiocarbonyl (C=S) groups is 1. The molecule has 1 aliphatic rings. The van der Waals surface area contributed by atoms with Crippen LogP contribution in [0.3, 0.4) is 0 Å². The number of aromatic hydroxyl groups is 1. The quantitative estimate of drug-likeness (QED) is 0.388. The minimum absolute atomic E-state index is 0.0426. The first-order valence-corrected chi connectivity index (χ1v) is 10.7. The molecule has 2 aromatic carbocycles. The average molecular weight is 465 g/mol. The molecule has 2 N–H and O–H groups in total. The van der Waals surface area contributed by atoms with Gasteiger partial charge in [0.1, 0.15) is 17.6 Å². The van der Waals surface area contributed by atoms with Gasteiger partial charge >= 0.3 is 0 Å². The summed E-state index contributed by atoms with van der Waals surface area (Å²) in [4.78, 5) is 6.43. The number of benzene rings is 2. The Morgan fingerprint density at radius 3 is 2.59 bits per heavy atom. The second kappa shape index (κ2) is 8.26. The lowest BCUT2D eigenvalue weighted by molar-refractivity contribution is 0.472. The number of hydrogen-bond acceptors (Lipinski definition) is 3. The molecule has 32 heavy (non-hydrogen) atoms. The van der Waals surface area contributed by atoms with Crippen LogP contribution in [0.2, 0.25) is 5.02 Å². The number of phenolic OH excluding ortho intramolecular Hbond substituents is 1. The van der Waals surface area contributed by atoms with Crippen LogP contribution in [0.1, 0.15) is 23.5 Å². The van der Waals surface area contributed by atoms with E-state index in [2.05, 4.69) is 10.3 Å².